The minimum atomic E-state index is -0.283. The van der Waals surface area contributed by atoms with Crippen LogP contribution in [0.1, 0.15) is 6.92 Å². The minimum Gasteiger partial charge on any atom is -0.335 e. The number of hydrogen-bond acceptors (Lipinski definition) is 5. The van der Waals surface area contributed by atoms with Gasteiger partial charge in [0.1, 0.15) is 5.51 Å². The SMILES string of the molecule is CC(Cn1ccnc1)NC(=O)Nc1nncs1. The fourth-order valence-corrected chi connectivity index (χ4v) is 1.78. The number of nitrogens with one attached hydrogen (secondary N) is 2. The molecule has 2 aromatic heterocycles. The van der Waals surface area contributed by atoms with Gasteiger partial charge in [0, 0.05) is 25.0 Å². The highest BCUT2D eigenvalue weighted by Gasteiger charge is 2.08. The van der Waals surface area contributed by atoms with Crippen LogP contribution in [0.25, 0.3) is 0 Å². The number of carbonyl (C=O) groups is 1. The number of imidazole rings is 1. The van der Waals surface area contributed by atoms with Gasteiger partial charge in [0.15, 0.2) is 0 Å². The molecule has 1 unspecified atom stereocenters. The summed E-state index contributed by atoms with van der Waals surface area (Å²) in [4.78, 5) is 15.5. The van der Waals surface area contributed by atoms with Crippen LogP contribution in [0, 0.1) is 0 Å². The Bertz CT molecular complexity index is 454. The Morgan fingerprint density at radius 3 is 3.18 bits per heavy atom. The van der Waals surface area contributed by atoms with Crippen LogP contribution in [0.15, 0.2) is 24.2 Å². The Hall–Kier alpha value is -1.96. The van der Waals surface area contributed by atoms with Crippen molar-refractivity contribution >= 4 is 22.5 Å². The van der Waals surface area contributed by atoms with Gasteiger partial charge >= 0.3 is 6.03 Å². The highest BCUT2D eigenvalue weighted by atomic mass is 32.1. The maximum Gasteiger partial charge on any atom is 0.321 e. The van der Waals surface area contributed by atoms with Gasteiger partial charge in [-0.05, 0) is 6.92 Å². The lowest BCUT2D eigenvalue weighted by Gasteiger charge is -2.13. The number of rotatable bonds is 4. The van der Waals surface area contributed by atoms with E-state index in [9.17, 15) is 4.79 Å². The molecule has 0 aliphatic carbocycles. The summed E-state index contributed by atoms with van der Waals surface area (Å²) in [6, 6.07) is -0.286. The summed E-state index contributed by atoms with van der Waals surface area (Å²) in [6.07, 6.45) is 5.26. The third-order valence-electron chi connectivity index (χ3n) is 2.00. The molecule has 8 heteroatoms. The normalized spacial score (nSPS) is 12.1. The minimum absolute atomic E-state index is 0.00267. The lowest BCUT2D eigenvalue weighted by atomic mass is 10.3. The summed E-state index contributed by atoms with van der Waals surface area (Å²) < 4.78 is 1.90. The molecule has 0 aliphatic rings. The van der Waals surface area contributed by atoms with E-state index in [-0.39, 0.29) is 12.1 Å². The first-order chi connectivity index (χ1) is 8.24. The smallest absolute Gasteiger partial charge is 0.321 e. The molecule has 0 spiro atoms. The van der Waals surface area contributed by atoms with Crippen molar-refractivity contribution in [3.8, 4) is 0 Å². The average Bonchev–Trinajstić information content (AvgIpc) is 2.90. The molecule has 0 aliphatic heterocycles. The molecule has 90 valence electrons. The Morgan fingerprint density at radius 1 is 1.65 bits per heavy atom. The number of nitrogens with zero attached hydrogens (tertiary/aromatic N) is 4. The van der Waals surface area contributed by atoms with Crippen LogP contribution >= 0.6 is 11.3 Å². The highest BCUT2D eigenvalue weighted by Crippen LogP contribution is 2.07. The van der Waals surface area contributed by atoms with Crippen LogP contribution in [-0.2, 0) is 6.54 Å². The molecule has 2 aromatic rings. The third kappa shape index (κ3) is 3.52. The molecule has 17 heavy (non-hydrogen) atoms. The van der Waals surface area contributed by atoms with Gasteiger partial charge < -0.3 is 9.88 Å². The van der Waals surface area contributed by atoms with Crippen LogP contribution in [0.4, 0.5) is 9.93 Å². The summed E-state index contributed by atoms with van der Waals surface area (Å²) in [5, 5.41) is 13.2. The molecule has 1 atom stereocenters. The van der Waals surface area contributed by atoms with Crippen LogP contribution in [0.2, 0.25) is 0 Å². The number of urea groups is 1. The summed E-state index contributed by atoms with van der Waals surface area (Å²) in [6.45, 7) is 2.59. The first-order valence-electron chi connectivity index (χ1n) is 5.03. The molecule has 0 aromatic carbocycles. The molecule has 0 saturated carbocycles. The van der Waals surface area contributed by atoms with E-state index in [1.54, 1.807) is 18.0 Å². The van der Waals surface area contributed by atoms with E-state index in [1.165, 1.54) is 11.3 Å². The maximum absolute atomic E-state index is 11.5. The Morgan fingerprint density at radius 2 is 2.53 bits per heavy atom. The Balaban J connectivity index is 1.78. The summed E-state index contributed by atoms with van der Waals surface area (Å²) in [5.41, 5.74) is 1.56. The fourth-order valence-electron chi connectivity index (χ4n) is 1.34. The van der Waals surface area contributed by atoms with Gasteiger partial charge in [-0.1, -0.05) is 11.3 Å². The predicted octanol–water partition coefficient (Wildman–Crippen LogP) is 0.945. The second-order valence-corrected chi connectivity index (χ2v) is 4.34. The van der Waals surface area contributed by atoms with E-state index in [4.69, 9.17) is 0 Å². The fraction of sp³-hybridized carbons (Fsp3) is 0.333. The predicted molar refractivity (Wildman–Crippen MR) is 63.8 cm³/mol. The topological polar surface area (TPSA) is 84.7 Å². The van der Waals surface area contributed by atoms with E-state index in [1.807, 2.05) is 17.7 Å². The summed E-state index contributed by atoms with van der Waals surface area (Å²) in [7, 11) is 0. The molecule has 0 fully saturated rings. The van der Waals surface area contributed by atoms with Crippen molar-refractivity contribution in [1.82, 2.24) is 25.1 Å². The quantitative estimate of drug-likeness (QED) is 0.848. The van der Waals surface area contributed by atoms with Gasteiger partial charge in [0.2, 0.25) is 5.13 Å². The number of hydrogen-bond donors (Lipinski definition) is 2. The molecule has 2 N–H and O–H groups in total. The zero-order valence-electron chi connectivity index (χ0n) is 9.20. The van der Waals surface area contributed by atoms with E-state index >= 15 is 0 Å². The summed E-state index contributed by atoms with van der Waals surface area (Å²) in [5.74, 6) is 0. The van der Waals surface area contributed by atoms with E-state index in [0.29, 0.717) is 11.7 Å². The summed E-state index contributed by atoms with van der Waals surface area (Å²) >= 11 is 1.27. The van der Waals surface area contributed by atoms with Crippen molar-refractivity contribution in [2.24, 2.45) is 0 Å². The van der Waals surface area contributed by atoms with Crippen molar-refractivity contribution in [2.45, 2.75) is 19.5 Å². The highest BCUT2D eigenvalue weighted by molar-refractivity contribution is 7.13. The molecule has 0 radical (unpaired) electrons. The van der Waals surface area contributed by atoms with Crippen LogP contribution in [0.5, 0.6) is 0 Å². The van der Waals surface area contributed by atoms with E-state index in [2.05, 4.69) is 25.8 Å². The molecule has 0 bridgehead atoms. The van der Waals surface area contributed by atoms with E-state index in [0.717, 1.165) is 0 Å². The molecule has 2 rings (SSSR count). The molecule has 2 heterocycles. The molecule has 7 nitrogen and oxygen atoms in total. The van der Waals surface area contributed by atoms with Crippen LogP contribution < -0.4 is 10.6 Å². The second kappa shape index (κ2) is 5.39. The maximum atomic E-state index is 11.5. The molecular weight excluding hydrogens is 240 g/mol. The van der Waals surface area contributed by atoms with Crippen molar-refractivity contribution in [3.05, 3.63) is 24.2 Å². The zero-order valence-corrected chi connectivity index (χ0v) is 10.0. The first kappa shape index (κ1) is 11.5. The number of carbonyl (C=O) groups excluding carboxylic acids is 1. The number of anilines is 1. The monoisotopic (exact) mass is 252 g/mol. The van der Waals surface area contributed by atoms with Gasteiger partial charge in [0.25, 0.3) is 0 Å². The second-order valence-electron chi connectivity index (χ2n) is 3.50. The van der Waals surface area contributed by atoms with Crippen LogP contribution in [-0.4, -0.2) is 31.8 Å². The van der Waals surface area contributed by atoms with E-state index < -0.39 is 0 Å². The number of aromatic nitrogens is 4. The van der Waals surface area contributed by atoms with Gasteiger partial charge in [-0.2, -0.15) is 0 Å². The lowest BCUT2D eigenvalue weighted by Crippen LogP contribution is -2.38. The number of amides is 2. The largest absolute Gasteiger partial charge is 0.335 e. The van der Waals surface area contributed by atoms with Gasteiger partial charge in [-0.25, -0.2) is 9.78 Å². The van der Waals surface area contributed by atoms with Gasteiger partial charge in [-0.15, -0.1) is 10.2 Å². The van der Waals surface area contributed by atoms with Crippen molar-refractivity contribution in [3.63, 3.8) is 0 Å². The lowest BCUT2D eigenvalue weighted by molar-refractivity contribution is 0.248. The first-order valence-corrected chi connectivity index (χ1v) is 5.91. The standard InChI is InChI=1S/C9H12N6OS/c1-7(4-15-3-2-10-5-15)12-8(16)13-9-14-11-6-17-9/h2-3,5-7H,4H2,1H3,(H2,12,13,14,16). The molecule has 2 amide bonds. The molecular formula is C9H12N6OS. The van der Waals surface area contributed by atoms with Crippen LogP contribution in [0.3, 0.4) is 0 Å². The van der Waals surface area contributed by atoms with Crippen molar-refractivity contribution in [2.75, 3.05) is 5.32 Å². The zero-order chi connectivity index (χ0) is 12.1. The third-order valence-corrected chi connectivity index (χ3v) is 2.61. The molecule has 0 saturated heterocycles. The Kier molecular flexibility index (Phi) is 3.66. The van der Waals surface area contributed by atoms with Crippen molar-refractivity contribution < 1.29 is 4.79 Å². The van der Waals surface area contributed by atoms with Gasteiger partial charge in [0.05, 0.1) is 6.33 Å². The van der Waals surface area contributed by atoms with Gasteiger partial charge in [-0.3, -0.25) is 5.32 Å². The van der Waals surface area contributed by atoms with Crippen molar-refractivity contribution in [1.29, 1.82) is 0 Å². The average molecular weight is 252 g/mol. The Labute approximate surface area is 102 Å².